The fraction of sp³-hybridized carbons (Fsp3) is 0.286. The molecule has 1 heterocycles. The van der Waals surface area contributed by atoms with Crippen molar-refractivity contribution < 1.29 is 19.0 Å². The Morgan fingerprint density at radius 2 is 1.64 bits per heavy atom. The number of rotatable bonds is 9. The SMILES string of the molecule is CCOCCOC(=O)c1nc2ccccc2nc1Nc1ccccc1OCC. The quantitative estimate of drug-likeness (QED) is 0.444. The van der Waals surface area contributed by atoms with E-state index in [2.05, 4.69) is 15.3 Å². The number of nitrogens with one attached hydrogen (secondary N) is 1. The summed E-state index contributed by atoms with van der Waals surface area (Å²) in [6.45, 7) is 5.36. The van der Waals surface area contributed by atoms with Gasteiger partial charge in [-0.05, 0) is 38.1 Å². The second kappa shape index (κ2) is 9.66. The maximum Gasteiger partial charge on any atom is 0.360 e. The van der Waals surface area contributed by atoms with Gasteiger partial charge in [-0.2, -0.15) is 0 Å². The second-order valence-corrected chi connectivity index (χ2v) is 5.80. The number of para-hydroxylation sites is 4. The van der Waals surface area contributed by atoms with E-state index in [1.54, 1.807) is 6.07 Å². The van der Waals surface area contributed by atoms with Crippen molar-refractivity contribution in [1.29, 1.82) is 0 Å². The van der Waals surface area contributed by atoms with E-state index in [-0.39, 0.29) is 12.3 Å². The van der Waals surface area contributed by atoms with Crippen LogP contribution in [0.2, 0.25) is 0 Å². The number of hydrogen-bond acceptors (Lipinski definition) is 7. The maximum absolute atomic E-state index is 12.6. The first kappa shape index (κ1) is 19.6. The van der Waals surface area contributed by atoms with E-state index in [1.807, 2.05) is 56.3 Å². The van der Waals surface area contributed by atoms with Gasteiger partial charge in [0.25, 0.3) is 0 Å². The van der Waals surface area contributed by atoms with Crippen LogP contribution >= 0.6 is 0 Å². The zero-order valence-corrected chi connectivity index (χ0v) is 16.0. The summed E-state index contributed by atoms with van der Waals surface area (Å²) in [6, 6.07) is 14.8. The Labute approximate surface area is 163 Å². The molecule has 0 saturated carbocycles. The van der Waals surface area contributed by atoms with E-state index in [1.165, 1.54) is 0 Å². The minimum absolute atomic E-state index is 0.113. The van der Waals surface area contributed by atoms with Crippen molar-refractivity contribution in [2.45, 2.75) is 13.8 Å². The van der Waals surface area contributed by atoms with Gasteiger partial charge in [-0.3, -0.25) is 0 Å². The Kier molecular flexibility index (Phi) is 6.75. The molecule has 0 amide bonds. The Hall–Kier alpha value is -3.19. The molecule has 1 N–H and O–H groups in total. The van der Waals surface area contributed by atoms with Crippen LogP contribution in [-0.4, -0.2) is 42.4 Å². The molecule has 28 heavy (non-hydrogen) atoms. The second-order valence-electron chi connectivity index (χ2n) is 5.80. The molecule has 0 atom stereocenters. The summed E-state index contributed by atoms with van der Waals surface area (Å²) in [5.74, 6) is 0.414. The molecule has 3 aromatic rings. The minimum Gasteiger partial charge on any atom is -0.492 e. The number of benzene rings is 2. The van der Waals surface area contributed by atoms with Crippen molar-refractivity contribution in [2.75, 3.05) is 31.7 Å². The van der Waals surface area contributed by atoms with Crippen molar-refractivity contribution in [3.63, 3.8) is 0 Å². The van der Waals surface area contributed by atoms with E-state index in [4.69, 9.17) is 14.2 Å². The Morgan fingerprint density at radius 1 is 0.929 bits per heavy atom. The normalized spacial score (nSPS) is 10.6. The number of anilines is 2. The molecule has 0 aliphatic carbocycles. The Balaban J connectivity index is 1.94. The van der Waals surface area contributed by atoms with Gasteiger partial charge in [-0.15, -0.1) is 0 Å². The molecule has 0 unspecified atom stereocenters. The summed E-state index contributed by atoms with van der Waals surface area (Å²) in [4.78, 5) is 21.7. The highest BCUT2D eigenvalue weighted by Gasteiger charge is 2.19. The fourth-order valence-electron chi connectivity index (χ4n) is 2.61. The number of ether oxygens (including phenoxy) is 3. The number of aromatic nitrogens is 2. The molecule has 0 aliphatic rings. The molecule has 0 saturated heterocycles. The van der Waals surface area contributed by atoms with Crippen LogP contribution in [0.15, 0.2) is 48.5 Å². The summed E-state index contributed by atoms with van der Waals surface area (Å²) in [7, 11) is 0. The summed E-state index contributed by atoms with van der Waals surface area (Å²) in [5.41, 5.74) is 2.09. The zero-order valence-electron chi connectivity index (χ0n) is 16.0. The van der Waals surface area contributed by atoms with Crippen LogP contribution in [0, 0.1) is 0 Å². The third kappa shape index (κ3) is 4.75. The van der Waals surface area contributed by atoms with Gasteiger partial charge in [0.05, 0.1) is 29.9 Å². The van der Waals surface area contributed by atoms with Crippen LogP contribution in [-0.2, 0) is 9.47 Å². The lowest BCUT2D eigenvalue weighted by molar-refractivity contribution is 0.0330. The highest BCUT2D eigenvalue weighted by molar-refractivity contribution is 5.96. The average Bonchev–Trinajstić information content (AvgIpc) is 2.72. The van der Waals surface area contributed by atoms with Gasteiger partial charge in [0.1, 0.15) is 12.4 Å². The maximum atomic E-state index is 12.6. The number of hydrogen-bond donors (Lipinski definition) is 1. The highest BCUT2D eigenvalue weighted by atomic mass is 16.6. The number of nitrogens with zero attached hydrogens (tertiary/aromatic N) is 2. The molecule has 0 spiro atoms. The van der Waals surface area contributed by atoms with Crippen molar-refractivity contribution in [1.82, 2.24) is 9.97 Å². The predicted octanol–water partition coefficient (Wildman–Crippen LogP) is 3.97. The zero-order chi connectivity index (χ0) is 19.8. The monoisotopic (exact) mass is 381 g/mol. The van der Waals surface area contributed by atoms with E-state index in [0.29, 0.717) is 48.1 Å². The number of esters is 1. The topological polar surface area (TPSA) is 82.6 Å². The van der Waals surface area contributed by atoms with E-state index in [9.17, 15) is 4.79 Å². The molecule has 7 nitrogen and oxygen atoms in total. The standard InChI is InChI=1S/C21H23N3O4/c1-3-26-13-14-28-21(25)19-20(23-16-10-6-5-9-15(16)22-19)24-17-11-7-8-12-18(17)27-4-2/h5-12H,3-4,13-14H2,1-2H3,(H,23,24). The van der Waals surface area contributed by atoms with Crippen LogP contribution < -0.4 is 10.1 Å². The van der Waals surface area contributed by atoms with Crippen molar-refractivity contribution in [2.24, 2.45) is 0 Å². The molecule has 0 radical (unpaired) electrons. The molecule has 1 aromatic heterocycles. The summed E-state index contributed by atoms with van der Waals surface area (Å²) >= 11 is 0. The number of carbonyl (C=O) groups is 1. The van der Waals surface area contributed by atoms with Crippen LogP contribution in [0.3, 0.4) is 0 Å². The van der Waals surface area contributed by atoms with Crippen molar-refractivity contribution in [3.8, 4) is 5.75 Å². The summed E-state index contributed by atoms with van der Waals surface area (Å²) < 4.78 is 16.2. The molecule has 0 aliphatic heterocycles. The van der Waals surface area contributed by atoms with Crippen molar-refractivity contribution in [3.05, 3.63) is 54.2 Å². The first-order valence-corrected chi connectivity index (χ1v) is 9.23. The first-order chi connectivity index (χ1) is 13.7. The number of fused-ring (bicyclic) bond motifs is 1. The van der Waals surface area contributed by atoms with E-state index < -0.39 is 5.97 Å². The van der Waals surface area contributed by atoms with Gasteiger partial charge in [0.15, 0.2) is 11.5 Å². The molecule has 2 aromatic carbocycles. The first-order valence-electron chi connectivity index (χ1n) is 9.23. The van der Waals surface area contributed by atoms with Gasteiger partial charge < -0.3 is 19.5 Å². The third-order valence-corrected chi connectivity index (χ3v) is 3.87. The van der Waals surface area contributed by atoms with Gasteiger partial charge in [0.2, 0.25) is 0 Å². The van der Waals surface area contributed by atoms with Crippen molar-refractivity contribution >= 4 is 28.5 Å². The Bertz CT molecular complexity index is 946. The molecule has 7 heteroatoms. The average molecular weight is 381 g/mol. The van der Waals surface area contributed by atoms with Gasteiger partial charge in [-0.25, -0.2) is 14.8 Å². The lowest BCUT2D eigenvalue weighted by Gasteiger charge is -2.14. The largest absolute Gasteiger partial charge is 0.492 e. The minimum atomic E-state index is -0.561. The molecule has 146 valence electrons. The van der Waals surface area contributed by atoms with Gasteiger partial charge in [-0.1, -0.05) is 24.3 Å². The highest BCUT2D eigenvalue weighted by Crippen LogP contribution is 2.29. The molecule has 3 rings (SSSR count). The van der Waals surface area contributed by atoms with Crippen LogP contribution in [0.25, 0.3) is 11.0 Å². The fourth-order valence-corrected chi connectivity index (χ4v) is 2.61. The van der Waals surface area contributed by atoms with E-state index in [0.717, 1.165) is 0 Å². The van der Waals surface area contributed by atoms with Gasteiger partial charge >= 0.3 is 5.97 Å². The Morgan fingerprint density at radius 3 is 2.39 bits per heavy atom. The summed E-state index contributed by atoms with van der Waals surface area (Å²) in [5, 5.41) is 3.17. The van der Waals surface area contributed by atoms with E-state index >= 15 is 0 Å². The lowest BCUT2D eigenvalue weighted by Crippen LogP contribution is -2.15. The molecular formula is C21H23N3O4. The van der Waals surface area contributed by atoms with Gasteiger partial charge in [0, 0.05) is 6.61 Å². The van der Waals surface area contributed by atoms with Crippen LogP contribution in [0.4, 0.5) is 11.5 Å². The van der Waals surface area contributed by atoms with Crippen LogP contribution in [0.1, 0.15) is 24.3 Å². The van der Waals surface area contributed by atoms with Crippen LogP contribution in [0.5, 0.6) is 5.75 Å². The number of carbonyl (C=O) groups excluding carboxylic acids is 1. The molecular weight excluding hydrogens is 358 g/mol. The molecule has 0 fully saturated rings. The summed E-state index contributed by atoms with van der Waals surface area (Å²) in [6.07, 6.45) is 0. The predicted molar refractivity (Wildman–Crippen MR) is 107 cm³/mol. The lowest BCUT2D eigenvalue weighted by atomic mass is 10.2. The smallest absolute Gasteiger partial charge is 0.360 e. The molecule has 0 bridgehead atoms. The third-order valence-electron chi connectivity index (χ3n) is 3.87.